The molecule has 0 saturated heterocycles. The molecule has 2 rings (SSSR count). The summed E-state index contributed by atoms with van der Waals surface area (Å²) in [4.78, 5) is 11.8. The molecule has 0 aliphatic carbocycles. The fourth-order valence-electron chi connectivity index (χ4n) is 2.09. The maximum Gasteiger partial charge on any atom is 0.244 e. The van der Waals surface area contributed by atoms with Crippen LogP contribution >= 0.6 is 15.9 Å². The topological polar surface area (TPSA) is 64.3 Å². The Morgan fingerprint density at radius 3 is 2.71 bits per heavy atom. The van der Waals surface area contributed by atoms with Crippen molar-refractivity contribution in [1.82, 2.24) is 0 Å². The van der Waals surface area contributed by atoms with E-state index in [0.717, 1.165) is 21.3 Å². The molecule has 4 nitrogen and oxygen atoms in total. The van der Waals surface area contributed by atoms with Crippen LogP contribution in [-0.2, 0) is 16.1 Å². The van der Waals surface area contributed by atoms with Crippen LogP contribution in [0.2, 0.25) is 0 Å². The lowest BCUT2D eigenvalue weighted by atomic mass is 10.0. The van der Waals surface area contributed by atoms with Gasteiger partial charge in [0, 0.05) is 17.3 Å². The van der Waals surface area contributed by atoms with Crippen molar-refractivity contribution < 1.29 is 9.53 Å². The first-order valence-electron chi connectivity index (χ1n) is 6.49. The van der Waals surface area contributed by atoms with Crippen LogP contribution in [0.1, 0.15) is 17.2 Å². The Balaban J connectivity index is 2.26. The van der Waals surface area contributed by atoms with Crippen molar-refractivity contribution in [2.45, 2.75) is 12.6 Å². The highest BCUT2D eigenvalue weighted by Gasteiger charge is 2.18. The molecule has 1 atom stereocenters. The summed E-state index contributed by atoms with van der Waals surface area (Å²) in [6, 6.07) is 14.6. The zero-order chi connectivity index (χ0) is 15.2. The number of nitrogens with one attached hydrogen (secondary N) is 1. The molecule has 2 aromatic carbocycles. The molecule has 0 bridgehead atoms. The van der Waals surface area contributed by atoms with E-state index in [4.69, 9.17) is 10.5 Å². The number of benzene rings is 2. The molecular formula is C16H17BrN2O2. The van der Waals surface area contributed by atoms with Crippen LogP contribution in [0.5, 0.6) is 0 Å². The third-order valence-electron chi connectivity index (χ3n) is 3.02. The maximum atomic E-state index is 11.8. The molecule has 3 N–H and O–H groups in total. The minimum absolute atomic E-state index is 0.426. The van der Waals surface area contributed by atoms with Gasteiger partial charge in [0.2, 0.25) is 5.91 Å². The molecule has 0 fully saturated rings. The van der Waals surface area contributed by atoms with Gasteiger partial charge in [-0.15, -0.1) is 0 Å². The Morgan fingerprint density at radius 2 is 2.05 bits per heavy atom. The predicted molar refractivity (Wildman–Crippen MR) is 86.9 cm³/mol. The molecule has 110 valence electrons. The Morgan fingerprint density at radius 1 is 1.29 bits per heavy atom. The third-order valence-corrected chi connectivity index (χ3v) is 3.51. The van der Waals surface area contributed by atoms with Gasteiger partial charge in [-0.2, -0.15) is 0 Å². The van der Waals surface area contributed by atoms with Crippen molar-refractivity contribution >= 4 is 27.5 Å². The normalized spacial score (nSPS) is 11.9. The minimum Gasteiger partial charge on any atom is -0.380 e. The number of nitrogens with two attached hydrogens (primary N) is 1. The standard InChI is InChI=1S/C16H17BrN2O2/c1-21-10-11-4-2-5-12(8-11)15(16(18)20)19-14-7-3-6-13(17)9-14/h2-9,15,19H,10H2,1H3,(H2,18,20). The second-order valence-corrected chi connectivity index (χ2v) is 5.58. The Bertz CT molecular complexity index is 631. The first-order chi connectivity index (χ1) is 10.1. The van der Waals surface area contributed by atoms with E-state index in [0.29, 0.717) is 6.61 Å². The summed E-state index contributed by atoms with van der Waals surface area (Å²) in [5.74, 6) is -0.426. The lowest BCUT2D eigenvalue weighted by Gasteiger charge is -2.18. The van der Waals surface area contributed by atoms with E-state index in [1.165, 1.54) is 0 Å². The highest BCUT2D eigenvalue weighted by Crippen LogP contribution is 2.23. The summed E-state index contributed by atoms with van der Waals surface area (Å²) in [6.07, 6.45) is 0. The smallest absolute Gasteiger partial charge is 0.244 e. The highest BCUT2D eigenvalue weighted by atomic mass is 79.9. The summed E-state index contributed by atoms with van der Waals surface area (Å²) in [5, 5.41) is 3.16. The predicted octanol–water partition coefficient (Wildman–Crippen LogP) is 3.23. The van der Waals surface area contributed by atoms with Gasteiger partial charge in [-0.1, -0.05) is 46.3 Å². The van der Waals surface area contributed by atoms with Gasteiger partial charge in [-0.05, 0) is 29.3 Å². The average Bonchev–Trinajstić information content (AvgIpc) is 2.45. The molecular weight excluding hydrogens is 332 g/mol. The van der Waals surface area contributed by atoms with E-state index >= 15 is 0 Å². The molecule has 21 heavy (non-hydrogen) atoms. The quantitative estimate of drug-likeness (QED) is 0.842. The number of amides is 1. The molecule has 0 aromatic heterocycles. The number of hydrogen-bond acceptors (Lipinski definition) is 3. The van der Waals surface area contributed by atoms with E-state index in [2.05, 4.69) is 21.2 Å². The second kappa shape index (κ2) is 7.24. The van der Waals surface area contributed by atoms with E-state index in [9.17, 15) is 4.79 Å². The van der Waals surface area contributed by atoms with Crippen LogP contribution in [-0.4, -0.2) is 13.0 Å². The number of methoxy groups -OCH3 is 1. The number of carbonyl (C=O) groups excluding carboxylic acids is 1. The summed E-state index contributed by atoms with van der Waals surface area (Å²) in [5.41, 5.74) is 8.17. The third kappa shape index (κ3) is 4.31. The monoisotopic (exact) mass is 348 g/mol. The van der Waals surface area contributed by atoms with Crippen molar-refractivity contribution in [3.63, 3.8) is 0 Å². The highest BCUT2D eigenvalue weighted by molar-refractivity contribution is 9.10. The minimum atomic E-state index is -0.587. The second-order valence-electron chi connectivity index (χ2n) is 4.67. The molecule has 0 aliphatic heterocycles. The number of carbonyl (C=O) groups is 1. The molecule has 0 heterocycles. The first kappa shape index (κ1) is 15.5. The van der Waals surface area contributed by atoms with E-state index < -0.39 is 11.9 Å². The molecule has 0 radical (unpaired) electrons. The fourth-order valence-corrected chi connectivity index (χ4v) is 2.49. The van der Waals surface area contributed by atoms with Crippen LogP contribution in [0.25, 0.3) is 0 Å². The van der Waals surface area contributed by atoms with Crippen LogP contribution < -0.4 is 11.1 Å². The van der Waals surface area contributed by atoms with Gasteiger partial charge in [0.25, 0.3) is 0 Å². The van der Waals surface area contributed by atoms with Gasteiger partial charge in [-0.3, -0.25) is 4.79 Å². The first-order valence-corrected chi connectivity index (χ1v) is 7.28. The maximum absolute atomic E-state index is 11.8. The van der Waals surface area contributed by atoms with Gasteiger partial charge in [0.1, 0.15) is 6.04 Å². The lowest BCUT2D eigenvalue weighted by molar-refractivity contribution is -0.118. The number of halogens is 1. The zero-order valence-corrected chi connectivity index (χ0v) is 13.3. The fraction of sp³-hybridized carbons (Fsp3) is 0.188. The Hall–Kier alpha value is -1.85. The van der Waals surface area contributed by atoms with Gasteiger partial charge < -0.3 is 15.8 Å². The van der Waals surface area contributed by atoms with Crippen molar-refractivity contribution in [3.05, 3.63) is 64.1 Å². The number of hydrogen-bond donors (Lipinski definition) is 2. The van der Waals surface area contributed by atoms with Gasteiger partial charge in [0.05, 0.1) is 6.61 Å². The van der Waals surface area contributed by atoms with E-state index in [-0.39, 0.29) is 0 Å². The molecule has 0 aliphatic rings. The zero-order valence-electron chi connectivity index (χ0n) is 11.7. The summed E-state index contributed by atoms with van der Waals surface area (Å²) in [6.45, 7) is 0.496. The van der Waals surface area contributed by atoms with E-state index in [1.54, 1.807) is 7.11 Å². The molecule has 1 amide bonds. The number of rotatable bonds is 6. The van der Waals surface area contributed by atoms with Gasteiger partial charge in [-0.25, -0.2) is 0 Å². The van der Waals surface area contributed by atoms with Crippen LogP contribution in [0.15, 0.2) is 53.0 Å². The number of ether oxygens (including phenoxy) is 1. The van der Waals surface area contributed by atoms with Gasteiger partial charge >= 0.3 is 0 Å². The summed E-state index contributed by atoms with van der Waals surface area (Å²) < 4.78 is 6.05. The Labute approximate surface area is 132 Å². The van der Waals surface area contributed by atoms with E-state index in [1.807, 2.05) is 48.5 Å². The molecule has 5 heteroatoms. The summed E-state index contributed by atoms with van der Waals surface area (Å²) >= 11 is 3.40. The van der Waals surface area contributed by atoms with Crippen molar-refractivity contribution in [3.8, 4) is 0 Å². The number of anilines is 1. The van der Waals surface area contributed by atoms with Crippen LogP contribution in [0.4, 0.5) is 5.69 Å². The largest absolute Gasteiger partial charge is 0.380 e. The molecule has 0 saturated carbocycles. The van der Waals surface area contributed by atoms with Crippen molar-refractivity contribution in [2.75, 3.05) is 12.4 Å². The van der Waals surface area contributed by atoms with Gasteiger partial charge in [0.15, 0.2) is 0 Å². The van der Waals surface area contributed by atoms with Crippen LogP contribution in [0.3, 0.4) is 0 Å². The number of primary amides is 1. The Kier molecular flexibility index (Phi) is 5.36. The lowest BCUT2D eigenvalue weighted by Crippen LogP contribution is -2.27. The SMILES string of the molecule is COCc1cccc(C(Nc2cccc(Br)c2)C(N)=O)c1. The average molecular weight is 349 g/mol. The van der Waals surface area contributed by atoms with Crippen molar-refractivity contribution in [1.29, 1.82) is 0 Å². The molecule has 2 aromatic rings. The molecule has 1 unspecified atom stereocenters. The molecule has 0 spiro atoms. The van der Waals surface area contributed by atoms with Crippen molar-refractivity contribution in [2.24, 2.45) is 5.73 Å². The van der Waals surface area contributed by atoms with Crippen LogP contribution in [0, 0.1) is 0 Å². The summed E-state index contributed by atoms with van der Waals surface area (Å²) in [7, 11) is 1.64.